The largest absolute Gasteiger partial charge is 0.395 e. The van der Waals surface area contributed by atoms with Gasteiger partial charge in [0, 0.05) is 6.20 Å². The molecular weight excluding hydrogens is 239 g/mol. The van der Waals surface area contributed by atoms with Crippen molar-refractivity contribution in [2.75, 3.05) is 18.9 Å². The van der Waals surface area contributed by atoms with Gasteiger partial charge in [0.05, 0.1) is 35.0 Å². The zero-order valence-electron chi connectivity index (χ0n) is 6.76. The fraction of sp³-hybridized carbons (Fsp3) is 0.375. The van der Waals surface area contributed by atoms with E-state index in [2.05, 4.69) is 20.9 Å². The Bertz CT molecular complexity index is 341. The quantitative estimate of drug-likeness (QED) is 0.821. The van der Waals surface area contributed by atoms with Crippen LogP contribution in [0, 0.1) is 5.82 Å². The van der Waals surface area contributed by atoms with Gasteiger partial charge in [-0.3, -0.25) is 4.98 Å². The summed E-state index contributed by atoms with van der Waals surface area (Å²) >= 11 is 3.11. The summed E-state index contributed by atoms with van der Waals surface area (Å²) in [6.07, 6.45) is 1.52. The van der Waals surface area contributed by atoms with Crippen molar-refractivity contribution in [3.8, 4) is 0 Å². The minimum Gasteiger partial charge on any atom is -0.395 e. The van der Waals surface area contributed by atoms with Gasteiger partial charge in [-0.2, -0.15) is 0 Å². The molecule has 13 heavy (non-hydrogen) atoms. The smallest absolute Gasteiger partial charge is 0.169 e. The number of nitrogen functional groups attached to an aromatic ring is 1. The molecule has 0 aromatic carbocycles. The fourth-order valence-electron chi connectivity index (χ4n) is 1.17. The van der Waals surface area contributed by atoms with Crippen molar-refractivity contribution in [1.29, 1.82) is 0 Å². The van der Waals surface area contributed by atoms with E-state index >= 15 is 0 Å². The molecule has 1 saturated heterocycles. The van der Waals surface area contributed by atoms with E-state index in [0.717, 1.165) is 0 Å². The van der Waals surface area contributed by atoms with Crippen molar-refractivity contribution in [1.82, 2.24) is 4.98 Å². The first kappa shape index (κ1) is 8.90. The van der Waals surface area contributed by atoms with Crippen molar-refractivity contribution in [2.45, 2.75) is 5.92 Å². The summed E-state index contributed by atoms with van der Waals surface area (Å²) < 4.78 is 18.9. The van der Waals surface area contributed by atoms with Gasteiger partial charge in [-0.15, -0.1) is 0 Å². The lowest BCUT2D eigenvalue weighted by Gasteiger charge is -2.25. The molecule has 0 aliphatic carbocycles. The minimum absolute atomic E-state index is 0.0652. The van der Waals surface area contributed by atoms with Crippen LogP contribution in [-0.2, 0) is 4.74 Å². The number of nitrogens with two attached hydrogens (primary N) is 1. The summed E-state index contributed by atoms with van der Waals surface area (Å²) in [4.78, 5) is 3.98. The van der Waals surface area contributed by atoms with Crippen LogP contribution in [-0.4, -0.2) is 18.2 Å². The topological polar surface area (TPSA) is 48.1 Å². The van der Waals surface area contributed by atoms with Gasteiger partial charge in [0.2, 0.25) is 0 Å². The predicted molar refractivity (Wildman–Crippen MR) is 49.9 cm³/mol. The van der Waals surface area contributed by atoms with E-state index in [9.17, 15) is 4.39 Å². The summed E-state index contributed by atoms with van der Waals surface area (Å²) in [5.41, 5.74) is 6.03. The third-order valence-corrected chi connectivity index (χ3v) is 2.69. The molecule has 0 saturated carbocycles. The SMILES string of the molecule is Nc1c(Br)cnc(C2COC2)c1F. The van der Waals surface area contributed by atoms with Crippen LogP contribution in [0.4, 0.5) is 10.1 Å². The van der Waals surface area contributed by atoms with Crippen LogP contribution in [0.5, 0.6) is 0 Å². The molecule has 0 radical (unpaired) electrons. The van der Waals surface area contributed by atoms with Gasteiger partial charge in [-0.25, -0.2) is 4.39 Å². The lowest BCUT2D eigenvalue weighted by Crippen LogP contribution is -2.27. The van der Waals surface area contributed by atoms with E-state index in [0.29, 0.717) is 23.4 Å². The van der Waals surface area contributed by atoms with E-state index in [1.54, 1.807) is 0 Å². The van der Waals surface area contributed by atoms with E-state index in [4.69, 9.17) is 10.5 Å². The van der Waals surface area contributed by atoms with E-state index in [1.807, 2.05) is 0 Å². The monoisotopic (exact) mass is 246 g/mol. The number of pyridine rings is 1. The molecule has 3 nitrogen and oxygen atoms in total. The summed E-state index contributed by atoms with van der Waals surface area (Å²) in [7, 11) is 0. The van der Waals surface area contributed by atoms with E-state index in [-0.39, 0.29) is 11.6 Å². The molecule has 0 bridgehead atoms. The molecule has 0 spiro atoms. The first-order valence-electron chi connectivity index (χ1n) is 3.87. The van der Waals surface area contributed by atoms with Crippen LogP contribution in [0.15, 0.2) is 10.7 Å². The van der Waals surface area contributed by atoms with Gasteiger partial charge in [0.25, 0.3) is 0 Å². The van der Waals surface area contributed by atoms with Gasteiger partial charge in [0.15, 0.2) is 5.82 Å². The molecule has 1 fully saturated rings. The summed E-state index contributed by atoms with van der Waals surface area (Å²) in [5, 5.41) is 0. The number of hydrogen-bond acceptors (Lipinski definition) is 3. The van der Waals surface area contributed by atoms with Crippen molar-refractivity contribution in [2.24, 2.45) is 0 Å². The van der Waals surface area contributed by atoms with Crippen molar-refractivity contribution < 1.29 is 9.13 Å². The molecule has 0 unspecified atom stereocenters. The Morgan fingerprint density at radius 1 is 1.62 bits per heavy atom. The van der Waals surface area contributed by atoms with Crippen molar-refractivity contribution in [3.05, 3.63) is 22.2 Å². The third-order valence-electron chi connectivity index (χ3n) is 2.06. The predicted octanol–water partition coefficient (Wildman–Crippen LogP) is 1.68. The average molecular weight is 247 g/mol. The highest BCUT2D eigenvalue weighted by Crippen LogP contribution is 2.30. The molecular formula is C8H8BrFN2O. The van der Waals surface area contributed by atoms with E-state index in [1.165, 1.54) is 6.20 Å². The van der Waals surface area contributed by atoms with Crippen molar-refractivity contribution >= 4 is 21.6 Å². The fourth-order valence-corrected chi connectivity index (χ4v) is 1.45. The molecule has 2 rings (SSSR count). The Kier molecular flexibility index (Phi) is 2.21. The lowest BCUT2D eigenvalue weighted by atomic mass is 10.0. The number of nitrogens with zero attached hydrogens (tertiary/aromatic N) is 1. The second-order valence-electron chi connectivity index (χ2n) is 2.95. The second-order valence-corrected chi connectivity index (χ2v) is 3.81. The number of hydrogen-bond donors (Lipinski definition) is 1. The first-order valence-corrected chi connectivity index (χ1v) is 4.66. The molecule has 0 atom stereocenters. The highest BCUT2D eigenvalue weighted by Gasteiger charge is 2.26. The van der Waals surface area contributed by atoms with Crippen LogP contribution in [0.3, 0.4) is 0 Å². The second kappa shape index (κ2) is 3.23. The Hall–Kier alpha value is -0.680. The zero-order chi connectivity index (χ0) is 9.42. The Balaban J connectivity index is 2.41. The number of ether oxygens (including phenoxy) is 1. The summed E-state index contributed by atoms with van der Waals surface area (Å²) in [5.74, 6) is -0.363. The van der Waals surface area contributed by atoms with Crippen LogP contribution in [0.1, 0.15) is 11.6 Å². The molecule has 1 aromatic heterocycles. The molecule has 1 aliphatic rings. The van der Waals surface area contributed by atoms with Gasteiger partial charge in [0.1, 0.15) is 0 Å². The van der Waals surface area contributed by atoms with E-state index < -0.39 is 5.82 Å². The summed E-state index contributed by atoms with van der Waals surface area (Å²) in [6, 6.07) is 0. The van der Waals surface area contributed by atoms with Crippen LogP contribution in [0.2, 0.25) is 0 Å². The minimum atomic E-state index is -0.428. The van der Waals surface area contributed by atoms with Crippen LogP contribution < -0.4 is 5.73 Å². The normalized spacial score (nSPS) is 17.1. The van der Waals surface area contributed by atoms with Gasteiger partial charge in [-0.05, 0) is 15.9 Å². The molecule has 5 heteroatoms. The molecule has 70 valence electrons. The third kappa shape index (κ3) is 1.42. The molecule has 1 aliphatic heterocycles. The maximum Gasteiger partial charge on any atom is 0.169 e. The lowest BCUT2D eigenvalue weighted by molar-refractivity contribution is 0.00524. The molecule has 1 aromatic rings. The van der Waals surface area contributed by atoms with Gasteiger partial charge >= 0.3 is 0 Å². The Morgan fingerprint density at radius 3 is 2.85 bits per heavy atom. The first-order chi connectivity index (χ1) is 6.20. The molecule has 2 heterocycles. The summed E-state index contributed by atoms with van der Waals surface area (Å²) in [6.45, 7) is 1.07. The number of halogens is 2. The molecule has 2 N–H and O–H groups in total. The number of aromatic nitrogens is 1. The van der Waals surface area contributed by atoms with Gasteiger partial charge < -0.3 is 10.5 Å². The number of rotatable bonds is 1. The number of anilines is 1. The Morgan fingerprint density at radius 2 is 2.31 bits per heavy atom. The van der Waals surface area contributed by atoms with Crippen molar-refractivity contribution in [3.63, 3.8) is 0 Å². The maximum atomic E-state index is 13.5. The maximum absolute atomic E-state index is 13.5. The highest BCUT2D eigenvalue weighted by atomic mass is 79.9. The van der Waals surface area contributed by atoms with Crippen LogP contribution in [0.25, 0.3) is 0 Å². The van der Waals surface area contributed by atoms with Crippen LogP contribution >= 0.6 is 15.9 Å². The average Bonchev–Trinajstić information content (AvgIpc) is 2.03. The standard InChI is InChI=1S/C8H8BrFN2O/c9-5-1-12-8(4-2-13-3-4)6(10)7(5)11/h1,4H,2-3H2,(H2,11,12). The van der Waals surface area contributed by atoms with Gasteiger partial charge in [-0.1, -0.05) is 0 Å². The Labute approximate surface area is 83.2 Å². The highest BCUT2D eigenvalue weighted by molar-refractivity contribution is 9.10. The zero-order valence-corrected chi connectivity index (χ0v) is 8.34. The molecule has 0 amide bonds.